The number of nitrogens with zero attached hydrogens (tertiary/aromatic N) is 5. The molecule has 0 fully saturated rings. The lowest BCUT2D eigenvalue weighted by molar-refractivity contribution is 0.181. The fourth-order valence-corrected chi connectivity index (χ4v) is 3.30. The fraction of sp³-hybridized carbons (Fsp3) is 0.125. The van der Waals surface area contributed by atoms with Crippen LogP contribution in [0.25, 0.3) is 27.5 Å². The first-order valence-electron chi connectivity index (χ1n) is 7.42. The topological polar surface area (TPSA) is 111 Å². The van der Waals surface area contributed by atoms with Crippen molar-refractivity contribution >= 4 is 22.8 Å². The minimum atomic E-state index is -0.0770. The zero-order valence-corrected chi connectivity index (χ0v) is 14.1. The maximum Gasteiger partial charge on any atom is 0.222 e. The van der Waals surface area contributed by atoms with Crippen LogP contribution in [0.1, 0.15) is 5.69 Å². The molecule has 0 spiro atoms. The van der Waals surface area contributed by atoms with Crippen LogP contribution in [0.15, 0.2) is 35.7 Å². The van der Waals surface area contributed by atoms with Crippen molar-refractivity contribution in [2.75, 3.05) is 12.8 Å². The molecule has 0 saturated heterocycles. The summed E-state index contributed by atoms with van der Waals surface area (Å²) in [4.78, 5) is 4.00. The quantitative estimate of drug-likeness (QED) is 0.578. The minimum Gasteiger partial charge on any atom is -0.493 e. The van der Waals surface area contributed by atoms with Crippen molar-refractivity contribution in [1.82, 2.24) is 24.8 Å². The number of methoxy groups -OCH3 is 1. The molecule has 0 saturated carbocycles. The molecule has 1 aromatic carbocycles. The number of fused-ring (bicyclic) bond motifs is 1. The first kappa shape index (κ1) is 15.5. The van der Waals surface area contributed by atoms with E-state index in [1.54, 1.807) is 7.11 Å². The normalized spacial score (nSPS) is 11.2. The van der Waals surface area contributed by atoms with Gasteiger partial charge in [-0.2, -0.15) is 14.6 Å². The number of anilines is 1. The molecule has 4 rings (SSSR count). The van der Waals surface area contributed by atoms with Crippen LogP contribution in [-0.4, -0.2) is 37.0 Å². The third-order valence-corrected chi connectivity index (χ3v) is 4.52. The number of rotatable bonds is 4. The van der Waals surface area contributed by atoms with E-state index in [1.807, 2.05) is 30.3 Å². The molecule has 8 nitrogen and oxygen atoms in total. The fourth-order valence-electron chi connectivity index (χ4n) is 2.63. The Balaban J connectivity index is 1.97. The first-order chi connectivity index (χ1) is 12.2. The van der Waals surface area contributed by atoms with Crippen LogP contribution in [0, 0.1) is 0 Å². The second-order valence-electron chi connectivity index (χ2n) is 5.30. The van der Waals surface area contributed by atoms with Gasteiger partial charge in [0.05, 0.1) is 23.2 Å². The minimum absolute atomic E-state index is 0.0770. The number of ether oxygens (including phenoxy) is 1. The molecule has 0 radical (unpaired) electrons. The van der Waals surface area contributed by atoms with Gasteiger partial charge in [0.15, 0.2) is 22.2 Å². The Hall–Kier alpha value is -3.04. The van der Waals surface area contributed by atoms with Crippen LogP contribution in [0.4, 0.5) is 5.82 Å². The van der Waals surface area contributed by atoms with E-state index in [1.165, 1.54) is 21.2 Å². The Kier molecular flexibility index (Phi) is 3.79. The SMILES string of the molecule is COCc1nn2c(N)c(-c3nc(O)cs3)nnc2c1-c1ccccc1. The number of benzene rings is 1. The van der Waals surface area contributed by atoms with Crippen molar-refractivity contribution in [1.29, 1.82) is 0 Å². The number of hydrogen-bond donors (Lipinski definition) is 2. The van der Waals surface area contributed by atoms with Crippen molar-refractivity contribution in [3.8, 4) is 27.7 Å². The molecule has 4 aromatic rings. The molecule has 0 aliphatic carbocycles. The first-order valence-corrected chi connectivity index (χ1v) is 8.30. The van der Waals surface area contributed by atoms with Crippen LogP contribution in [0.3, 0.4) is 0 Å². The molecule has 0 unspecified atom stereocenters. The van der Waals surface area contributed by atoms with E-state index in [0.717, 1.165) is 11.1 Å². The van der Waals surface area contributed by atoms with E-state index in [-0.39, 0.29) is 5.88 Å². The highest BCUT2D eigenvalue weighted by atomic mass is 32.1. The van der Waals surface area contributed by atoms with Gasteiger partial charge in [-0.05, 0) is 5.56 Å². The molecule has 9 heteroatoms. The van der Waals surface area contributed by atoms with Gasteiger partial charge in [0.2, 0.25) is 5.88 Å². The monoisotopic (exact) mass is 354 g/mol. The van der Waals surface area contributed by atoms with E-state index in [0.29, 0.717) is 34.5 Å². The Morgan fingerprint density at radius 2 is 2.04 bits per heavy atom. The summed E-state index contributed by atoms with van der Waals surface area (Å²) in [5.74, 6) is 0.227. The standard InChI is InChI=1S/C16H14N6O2S/c1-24-7-10-12(9-5-3-2-4-6-9)15-20-19-13(14(17)22(15)21-10)16-18-11(23)8-25-16/h2-6,8,23H,7,17H2,1H3. The van der Waals surface area contributed by atoms with Crippen LogP contribution in [-0.2, 0) is 11.3 Å². The number of aromatic nitrogens is 5. The molecule has 3 N–H and O–H groups in total. The number of nitrogen functional groups attached to an aromatic ring is 1. The second-order valence-corrected chi connectivity index (χ2v) is 6.16. The average molecular weight is 354 g/mol. The molecule has 25 heavy (non-hydrogen) atoms. The van der Waals surface area contributed by atoms with Crippen molar-refractivity contribution in [2.24, 2.45) is 0 Å². The summed E-state index contributed by atoms with van der Waals surface area (Å²) in [7, 11) is 1.61. The summed E-state index contributed by atoms with van der Waals surface area (Å²) in [6.45, 7) is 0.320. The van der Waals surface area contributed by atoms with Crippen LogP contribution < -0.4 is 5.73 Å². The highest BCUT2D eigenvalue weighted by Crippen LogP contribution is 2.33. The molecule has 126 valence electrons. The number of hydrogen-bond acceptors (Lipinski definition) is 8. The summed E-state index contributed by atoms with van der Waals surface area (Å²) in [5, 5.41) is 24.5. The highest BCUT2D eigenvalue weighted by molar-refractivity contribution is 7.13. The van der Waals surface area contributed by atoms with E-state index < -0.39 is 0 Å². The van der Waals surface area contributed by atoms with Gasteiger partial charge in [0, 0.05) is 7.11 Å². The summed E-state index contributed by atoms with van der Waals surface area (Å²) in [6, 6.07) is 9.78. The maximum atomic E-state index is 9.46. The number of thiazole rings is 1. The van der Waals surface area contributed by atoms with Gasteiger partial charge >= 0.3 is 0 Å². The largest absolute Gasteiger partial charge is 0.493 e. The zero-order chi connectivity index (χ0) is 17.4. The Bertz CT molecular complexity index is 1040. The van der Waals surface area contributed by atoms with Crippen LogP contribution in [0.2, 0.25) is 0 Å². The van der Waals surface area contributed by atoms with E-state index in [2.05, 4.69) is 20.3 Å². The lowest BCUT2D eigenvalue weighted by Crippen LogP contribution is -2.05. The molecule has 0 aliphatic rings. The molecular weight excluding hydrogens is 340 g/mol. The Labute approximate surface area is 146 Å². The Morgan fingerprint density at radius 3 is 2.72 bits per heavy atom. The van der Waals surface area contributed by atoms with Gasteiger partial charge < -0.3 is 15.6 Å². The van der Waals surface area contributed by atoms with Gasteiger partial charge in [-0.25, -0.2) is 0 Å². The summed E-state index contributed by atoms with van der Waals surface area (Å²) in [5.41, 5.74) is 9.68. The smallest absolute Gasteiger partial charge is 0.222 e. The van der Waals surface area contributed by atoms with Gasteiger partial charge in [-0.3, -0.25) is 0 Å². The molecule has 0 aliphatic heterocycles. The van der Waals surface area contributed by atoms with Gasteiger partial charge in [-0.15, -0.1) is 21.5 Å². The van der Waals surface area contributed by atoms with Crippen molar-refractivity contribution < 1.29 is 9.84 Å². The highest BCUT2D eigenvalue weighted by Gasteiger charge is 2.21. The van der Waals surface area contributed by atoms with Crippen molar-refractivity contribution in [2.45, 2.75) is 6.61 Å². The molecule has 3 aromatic heterocycles. The van der Waals surface area contributed by atoms with Crippen LogP contribution in [0.5, 0.6) is 5.88 Å². The lowest BCUT2D eigenvalue weighted by Gasteiger charge is -2.04. The van der Waals surface area contributed by atoms with Gasteiger partial charge in [-0.1, -0.05) is 30.3 Å². The maximum absolute atomic E-state index is 9.46. The Morgan fingerprint density at radius 1 is 1.24 bits per heavy atom. The zero-order valence-electron chi connectivity index (χ0n) is 13.2. The predicted octanol–water partition coefficient (Wildman–Crippen LogP) is 2.35. The van der Waals surface area contributed by atoms with Gasteiger partial charge in [0.25, 0.3) is 0 Å². The number of aromatic hydroxyl groups is 1. The molecule has 3 heterocycles. The average Bonchev–Trinajstić information content (AvgIpc) is 3.20. The molecular formula is C16H14N6O2S. The van der Waals surface area contributed by atoms with E-state index in [9.17, 15) is 5.11 Å². The predicted molar refractivity (Wildman–Crippen MR) is 94.1 cm³/mol. The summed E-state index contributed by atoms with van der Waals surface area (Å²) >= 11 is 1.23. The van der Waals surface area contributed by atoms with E-state index >= 15 is 0 Å². The molecule has 0 atom stereocenters. The summed E-state index contributed by atoms with van der Waals surface area (Å²) < 4.78 is 6.81. The summed E-state index contributed by atoms with van der Waals surface area (Å²) in [6.07, 6.45) is 0. The van der Waals surface area contributed by atoms with Crippen LogP contribution >= 0.6 is 11.3 Å². The lowest BCUT2D eigenvalue weighted by atomic mass is 10.1. The third-order valence-electron chi connectivity index (χ3n) is 3.69. The van der Waals surface area contributed by atoms with Crippen molar-refractivity contribution in [3.63, 3.8) is 0 Å². The second kappa shape index (κ2) is 6.11. The molecule has 0 amide bonds. The third kappa shape index (κ3) is 2.59. The number of nitrogens with two attached hydrogens (primary N) is 1. The molecule has 0 bridgehead atoms. The van der Waals surface area contributed by atoms with E-state index in [4.69, 9.17) is 10.5 Å². The van der Waals surface area contributed by atoms with Crippen molar-refractivity contribution in [3.05, 3.63) is 41.4 Å². The van der Waals surface area contributed by atoms with Gasteiger partial charge in [0.1, 0.15) is 0 Å².